The van der Waals surface area contributed by atoms with E-state index in [-0.39, 0.29) is 0 Å². The van der Waals surface area contributed by atoms with Crippen LogP contribution in [0.1, 0.15) is 25.7 Å². The lowest BCUT2D eigenvalue weighted by molar-refractivity contribution is 0.0500. The van der Waals surface area contributed by atoms with E-state index in [0.29, 0.717) is 12.1 Å². The molecule has 0 aromatic carbocycles. The molecule has 0 unspecified atom stereocenters. The van der Waals surface area contributed by atoms with Gasteiger partial charge in [-0.3, -0.25) is 4.99 Å². The Hall–Kier alpha value is -0.830. The van der Waals surface area contributed by atoms with Crippen molar-refractivity contribution in [1.29, 1.82) is 0 Å². The minimum atomic E-state index is 0.494. The lowest BCUT2D eigenvalue weighted by Gasteiger charge is -2.35. The Labute approximate surface area is 85.5 Å². The lowest BCUT2D eigenvalue weighted by Crippen LogP contribution is -2.37. The third kappa shape index (κ3) is 2.15. The number of aliphatic imine (C=N–C) groups is 1. The summed E-state index contributed by atoms with van der Waals surface area (Å²) in [7, 11) is 1.82. The van der Waals surface area contributed by atoms with Crippen LogP contribution in [0.3, 0.4) is 0 Å². The van der Waals surface area contributed by atoms with E-state index in [0.717, 1.165) is 6.54 Å². The summed E-state index contributed by atoms with van der Waals surface area (Å²) in [5.41, 5.74) is 0. The topological polar surface area (TPSA) is 24.8 Å². The number of ether oxygens (including phenoxy) is 1. The van der Waals surface area contributed by atoms with Crippen molar-refractivity contribution in [3.63, 3.8) is 0 Å². The lowest BCUT2D eigenvalue weighted by atomic mass is 9.92. The second kappa shape index (κ2) is 4.60. The molecule has 0 N–H and O–H groups in total. The summed E-state index contributed by atoms with van der Waals surface area (Å²) in [6, 6.07) is 0.699. The Morgan fingerprint density at radius 2 is 2.07 bits per heavy atom. The van der Waals surface area contributed by atoms with Gasteiger partial charge in [0.25, 0.3) is 0 Å². The molecule has 2 aliphatic rings. The van der Waals surface area contributed by atoms with Crippen LogP contribution in [0.4, 0.5) is 0 Å². The van der Waals surface area contributed by atoms with Gasteiger partial charge in [0.05, 0.1) is 12.6 Å². The average molecular weight is 194 g/mol. The first kappa shape index (κ1) is 9.71. The van der Waals surface area contributed by atoms with Gasteiger partial charge in [0.15, 0.2) is 0 Å². The average Bonchev–Trinajstić information content (AvgIpc) is 2.30. The number of hydrogen-bond acceptors (Lipinski definition) is 3. The van der Waals surface area contributed by atoms with E-state index in [1.54, 1.807) is 0 Å². The van der Waals surface area contributed by atoms with Crippen LogP contribution < -0.4 is 0 Å². The zero-order valence-corrected chi connectivity index (χ0v) is 8.72. The first-order valence-electron chi connectivity index (χ1n) is 5.37. The highest BCUT2D eigenvalue weighted by Gasteiger charge is 2.24. The fraction of sp³-hybridized carbons (Fsp3) is 0.727. The molecule has 0 saturated heterocycles. The highest BCUT2D eigenvalue weighted by atomic mass is 16.5. The van der Waals surface area contributed by atoms with E-state index < -0.39 is 0 Å². The van der Waals surface area contributed by atoms with Crippen LogP contribution in [0.2, 0.25) is 0 Å². The van der Waals surface area contributed by atoms with Crippen molar-refractivity contribution < 1.29 is 4.74 Å². The minimum Gasteiger partial charge on any atom is -0.381 e. The number of nitrogens with zero attached hydrogens (tertiary/aromatic N) is 2. The fourth-order valence-corrected chi connectivity index (χ4v) is 2.27. The largest absolute Gasteiger partial charge is 0.381 e. The van der Waals surface area contributed by atoms with Crippen LogP contribution in [-0.2, 0) is 4.74 Å². The molecule has 0 atom stereocenters. The first-order valence-corrected chi connectivity index (χ1v) is 5.37. The van der Waals surface area contributed by atoms with Crippen LogP contribution in [-0.4, -0.2) is 36.9 Å². The van der Waals surface area contributed by atoms with E-state index >= 15 is 0 Å². The molecule has 0 aromatic rings. The van der Waals surface area contributed by atoms with E-state index in [1.807, 2.05) is 19.5 Å². The second-order valence-corrected chi connectivity index (χ2v) is 3.99. The number of methoxy groups -OCH3 is 1. The van der Waals surface area contributed by atoms with Gasteiger partial charge < -0.3 is 9.64 Å². The molecule has 2 rings (SSSR count). The Morgan fingerprint density at radius 1 is 1.29 bits per heavy atom. The van der Waals surface area contributed by atoms with Gasteiger partial charge in [-0.1, -0.05) is 0 Å². The molecule has 3 nitrogen and oxygen atoms in total. The summed E-state index contributed by atoms with van der Waals surface area (Å²) >= 11 is 0. The molecule has 1 fully saturated rings. The molecule has 0 amide bonds. The molecule has 0 aromatic heterocycles. The van der Waals surface area contributed by atoms with E-state index in [2.05, 4.69) is 16.1 Å². The van der Waals surface area contributed by atoms with Crippen LogP contribution in [0, 0.1) is 0 Å². The molecule has 1 aliphatic carbocycles. The Morgan fingerprint density at radius 3 is 2.64 bits per heavy atom. The highest BCUT2D eigenvalue weighted by Crippen LogP contribution is 2.25. The zero-order valence-electron chi connectivity index (χ0n) is 8.72. The Kier molecular flexibility index (Phi) is 3.19. The number of rotatable bonds is 2. The molecular formula is C11H18N2O. The van der Waals surface area contributed by atoms with Crippen molar-refractivity contribution in [2.75, 3.05) is 13.7 Å². The molecular weight excluding hydrogens is 176 g/mol. The fourth-order valence-electron chi connectivity index (χ4n) is 2.27. The summed E-state index contributed by atoms with van der Waals surface area (Å²) in [6.07, 6.45) is 11.3. The van der Waals surface area contributed by atoms with Crippen LogP contribution in [0.15, 0.2) is 17.4 Å². The zero-order chi connectivity index (χ0) is 9.80. The van der Waals surface area contributed by atoms with Crippen LogP contribution >= 0.6 is 0 Å². The SMILES string of the molecule is CO[C@H]1CC[C@H](N2C=CN=CC2)CC1. The molecule has 1 heterocycles. The van der Waals surface area contributed by atoms with Gasteiger partial charge in [-0.15, -0.1) is 0 Å². The minimum absolute atomic E-state index is 0.494. The van der Waals surface area contributed by atoms with Crippen LogP contribution in [0.25, 0.3) is 0 Å². The summed E-state index contributed by atoms with van der Waals surface area (Å²) in [4.78, 5) is 6.47. The summed E-state index contributed by atoms with van der Waals surface area (Å²) in [5.74, 6) is 0. The molecule has 1 saturated carbocycles. The van der Waals surface area contributed by atoms with Crippen molar-refractivity contribution in [3.05, 3.63) is 12.4 Å². The first-order chi connectivity index (χ1) is 6.90. The van der Waals surface area contributed by atoms with Gasteiger partial charge in [0.2, 0.25) is 0 Å². The predicted molar refractivity (Wildman–Crippen MR) is 57.4 cm³/mol. The van der Waals surface area contributed by atoms with Crippen molar-refractivity contribution in [1.82, 2.24) is 4.90 Å². The summed E-state index contributed by atoms with van der Waals surface area (Å²) < 4.78 is 5.36. The monoisotopic (exact) mass is 194 g/mol. The normalized spacial score (nSPS) is 32.2. The van der Waals surface area contributed by atoms with E-state index in [9.17, 15) is 0 Å². The van der Waals surface area contributed by atoms with Crippen molar-refractivity contribution >= 4 is 6.21 Å². The summed E-state index contributed by atoms with van der Waals surface area (Å²) in [5, 5.41) is 0. The molecule has 0 spiro atoms. The Bertz CT molecular complexity index is 229. The number of hydrogen-bond donors (Lipinski definition) is 0. The molecule has 1 aliphatic heterocycles. The summed E-state index contributed by atoms with van der Waals surface area (Å²) in [6.45, 7) is 0.971. The maximum atomic E-state index is 5.36. The van der Waals surface area contributed by atoms with Gasteiger partial charge >= 0.3 is 0 Å². The van der Waals surface area contributed by atoms with Gasteiger partial charge in [-0.2, -0.15) is 0 Å². The Balaban J connectivity index is 1.83. The van der Waals surface area contributed by atoms with Crippen molar-refractivity contribution in [3.8, 4) is 0 Å². The van der Waals surface area contributed by atoms with Crippen LogP contribution in [0.5, 0.6) is 0 Å². The molecule has 0 bridgehead atoms. The predicted octanol–water partition coefficient (Wildman–Crippen LogP) is 1.80. The highest BCUT2D eigenvalue weighted by molar-refractivity contribution is 5.61. The van der Waals surface area contributed by atoms with Gasteiger partial charge in [-0.05, 0) is 25.7 Å². The second-order valence-electron chi connectivity index (χ2n) is 3.99. The molecule has 14 heavy (non-hydrogen) atoms. The third-order valence-corrected chi connectivity index (χ3v) is 3.19. The van der Waals surface area contributed by atoms with Gasteiger partial charge in [-0.25, -0.2) is 0 Å². The maximum Gasteiger partial charge on any atom is 0.0572 e. The third-order valence-electron chi connectivity index (χ3n) is 3.19. The van der Waals surface area contributed by atoms with Gasteiger partial charge in [0, 0.05) is 31.8 Å². The van der Waals surface area contributed by atoms with Crippen molar-refractivity contribution in [2.24, 2.45) is 4.99 Å². The molecule has 3 heteroatoms. The van der Waals surface area contributed by atoms with Gasteiger partial charge in [0.1, 0.15) is 0 Å². The standard InChI is InChI=1S/C11H18N2O/c1-14-11-4-2-10(3-5-11)13-8-6-12-7-9-13/h6-8,10-11H,2-5,9H2,1H3/t10-,11-. The molecule has 78 valence electrons. The quantitative estimate of drug-likeness (QED) is 0.669. The maximum absolute atomic E-state index is 5.36. The smallest absolute Gasteiger partial charge is 0.0572 e. The van der Waals surface area contributed by atoms with Crippen molar-refractivity contribution in [2.45, 2.75) is 37.8 Å². The van der Waals surface area contributed by atoms with E-state index in [1.165, 1.54) is 25.7 Å². The molecule has 0 radical (unpaired) electrons. The van der Waals surface area contributed by atoms with E-state index in [4.69, 9.17) is 4.74 Å².